The fourth-order valence-electron chi connectivity index (χ4n) is 3.17. The number of nitrogens with one attached hydrogen (secondary N) is 1. The van der Waals surface area contributed by atoms with E-state index in [0.717, 1.165) is 30.4 Å². The molecule has 138 valence electrons. The normalized spacial score (nSPS) is 16.8. The van der Waals surface area contributed by atoms with Crippen molar-refractivity contribution in [3.63, 3.8) is 0 Å². The predicted octanol–water partition coefficient (Wildman–Crippen LogP) is 3.71. The number of carbonyl (C=O) groups excluding carboxylic acids is 1. The lowest BCUT2D eigenvalue weighted by Crippen LogP contribution is -2.36. The van der Waals surface area contributed by atoms with Crippen LogP contribution in [0.5, 0.6) is 0 Å². The van der Waals surface area contributed by atoms with E-state index in [-0.39, 0.29) is 6.04 Å². The zero-order valence-electron chi connectivity index (χ0n) is 13.6. The van der Waals surface area contributed by atoms with Gasteiger partial charge in [-0.05, 0) is 36.5 Å². The van der Waals surface area contributed by atoms with Gasteiger partial charge in [-0.3, -0.25) is 9.59 Å². The van der Waals surface area contributed by atoms with Crippen LogP contribution in [0, 0.1) is 0 Å². The average molecular weight is 385 g/mol. The number of hydrogen-bond acceptors (Lipinski definition) is 2. The van der Waals surface area contributed by atoms with Gasteiger partial charge in [-0.1, -0.05) is 35.9 Å². The number of amides is 1. The van der Waals surface area contributed by atoms with Crippen LogP contribution < -0.4 is 10.9 Å². The van der Waals surface area contributed by atoms with Gasteiger partial charge in [0.2, 0.25) is 5.91 Å². The minimum Gasteiger partial charge on any atom is -0.348 e. The molecule has 1 aliphatic rings. The highest BCUT2D eigenvalue weighted by atomic mass is 35.5. The van der Waals surface area contributed by atoms with Crippen molar-refractivity contribution in [2.75, 3.05) is 0 Å². The van der Waals surface area contributed by atoms with E-state index in [1.54, 1.807) is 0 Å². The van der Waals surface area contributed by atoms with Crippen LogP contribution in [-0.2, 0) is 23.9 Å². The van der Waals surface area contributed by atoms with Crippen molar-refractivity contribution < 1.29 is 18.0 Å². The fraction of sp³-hybridized carbons (Fsp3) is 0.333. The average Bonchev–Trinajstić information content (AvgIpc) is 2.58. The molecule has 2 aromatic rings. The Morgan fingerprint density at radius 2 is 2.04 bits per heavy atom. The second-order valence-corrected chi connectivity index (χ2v) is 6.63. The first-order valence-corrected chi connectivity index (χ1v) is 8.48. The number of aromatic nitrogens is 1. The summed E-state index contributed by atoms with van der Waals surface area (Å²) in [7, 11) is 0. The first kappa shape index (κ1) is 18.5. The van der Waals surface area contributed by atoms with Gasteiger partial charge in [-0.25, -0.2) is 0 Å². The summed E-state index contributed by atoms with van der Waals surface area (Å²) >= 11 is 5.60. The Morgan fingerprint density at radius 1 is 1.31 bits per heavy atom. The molecule has 1 unspecified atom stereocenters. The lowest BCUT2D eigenvalue weighted by Gasteiger charge is -2.26. The minimum absolute atomic E-state index is 0.218. The van der Waals surface area contributed by atoms with Crippen molar-refractivity contribution in [3.8, 4) is 0 Å². The molecule has 1 aromatic carbocycles. The largest absolute Gasteiger partial charge is 0.417 e. The quantitative estimate of drug-likeness (QED) is 0.877. The molecule has 0 radical (unpaired) electrons. The van der Waals surface area contributed by atoms with E-state index in [1.165, 1.54) is 0 Å². The molecule has 1 heterocycles. The summed E-state index contributed by atoms with van der Waals surface area (Å²) < 4.78 is 39.3. The summed E-state index contributed by atoms with van der Waals surface area (Å²) in [5.74, 6) is -0.538. The van der Waals surface area contributed by atoms with Crippen molar-refractivity contribution in [1.82, 2.24) is 9.88 Å². The number of halogens is 4. The van der Waals surface area contributed by atoms with Crippen LogP contribution in [0.4, 0.5) is 13.2 Å². The Balaban J connectivity index is 1.79. The van der Waals surface area contributed by atoms with Crippen LogP contribution in [0.1, 0.15) is 35.6 Å². The second kappa shape index (κ2) is 7.15. The Hall–Kier alpha value is -2.28. The van der Waals surface area contributed by atoms with Crippen molar-refractivity contribution in [2.24, 2.45) is 0 Å². The second-order valence-electron chi connectivity index (χ2n) is 6.22. The van der Waals surface area contributed by atoms with Crippen molar-refractivity contribution in [1.29, 1.82) is 0 Å². The van der Waals surface area contributed by atoms with Gasteiger partial charge in [0, 0.05) is 6.20 Å². The first-order valence-electron chi connectivity index (χ1n) is 8.10. The van der Waals surface area contributed by atoms with Crippen LogP contribution in [0.3, 0.4) is 0 Å². The molecular formula is C18H16ClF3N2O2. The number of fused-ring (bicyclic) bond motifs is 1. The van der Waals surface area contributed by atoms with E-state index in [0.29, 0.717) is 16.8 Å². The Morgan fingerprint density at radius 3 is 2.77 bits per heavy atom. The smallest absolute Gasteiger partial charge is 0.348 e. The number of nitrogens with zero attached hydrogens (tertiary/aromatic N) is 1. The zero-order chi connectivity index (χ0) is 18.9. The molecule has 8 heteroatoms. The van der Waals surface area contributed by atoms with Gasteiger partial charge in [0.05, 0.1) is 11.6 Å². The van der Waals surface area contributed by atoms with Gasteiger partial charge in [-0.2, -0.15) is 13.2 Å². The number of alkyl halides is 3. The Bertz CT molecular complexity index is 893. The fourth-order valence-corrected chi connectivity index (χ4v) is 3.40. The van der Waals surface area contributed by atoms with Crippen LogP contribution in [-0.4, -0.2) is 10.5 Å². The van der Waals surface area contributed by atoms with Gasteiger partial charge in [0.15, 0.2) is 0 Å². The summed E-state index contributed by atoms with van der Waals surface area (Å²) in [5, 5.41) is 2.23. The molecule has 1 aliphatic carbocycles. The van der Waals surface area contributed by atoms with Crippen molar-refractivity contribution >= 4 is 17.5 Å². The number of aryl methyl sites for hydroxylation is 1. The van der Waals surface area contributed by atoms with E-state index >= 15 is 0 Å². The molecule has 0 saturated heterocycles. The highest BCUT2D eigenvalue weighted by Gasteiger charge is 2.32. The molecule has 0 spiro atoms. The van der Waals surface area contributed by atoms with Gasteiger partial charge in [-0.15, -0.1) is 0 Å². The number of carbonyl (C=O) groups is 1. The molecule has 1 aromatic heterocycles. The number of benzene rings is 1. The molecule has 1 N–H and O–H groups in total. The third-order valence-corrected chi connectivity index (χ3v) is 4.66. The first-order chi connectivity index (χ1) is 12.3. The van der Waals surface area contributed by atoms with Gasteiger partial charge in [0.1, 0.15) is 11.6 Å². The Kier molecular flexibility index (Phi) is 5.09. The summed E-state index contributed by atoms with van der Waals surface area (Å²) in [6.45, 7) is -0.527. The molecule has 1 atom stereocenters. The van der Waals surface area contributed by atoms with Crippen LogP contribution in [0.25, 0.3) is 0 Å². The maximum Gasteiger partial charge on any atom is 0.417 e. The minimum atomic E-state index is -4.65. The highest BCUT2D eigenvalue weighted by Crippen LogP contribution is 2.30. The summed E-state index contributed by atoms with van der Waals surface area (Å²) in [4.78, 5) is 24.3. The number of pyridine rings is 1. The van der Waals surface area contributed by atoms with E-state index < -0.39 is 34.8 Å². The highest BCUT2D eigenvalue weighted by molar-refractivity contribution is 6.30. The Labute approximate surface area is 152 Å². The monoisotopic (exact) mass is 384 g/mol. The lowest BCUT2D eigenvalue weighted by atomic mass is 9.88. The molecule has 0 saturated carbocycles. The number of hydrogen-bond donors (Lipinski definition) is 1. The number of rotatable bonds is 3. The third-order valence-electron chi connectivity index (χ3n) is 4.39. The predicted molar refractivity (Wildman–Crippen MR) is 91.0 cm³/mol. The van der Waals surface area contributed by atoms with E-state index in [1.807, 2.05) is 24.3 Å². The summed E-state index contributed by atoms with van der Waals surface area (Å²) in [6.07, 6.45) is -1.48. The standard InChI is InChI=1S/C18H16ClF3N2O2/c19-14-8-12(18(20,21)22)9-24(17(14)26)10-16(25)23-15-7-3-5-11-4-1-2-6-13(11)15/h1-2,4,6,8-9,15H,3,5,7,10H2,(H,23,25). The molecule has 0 aliphatic heterocycles. The van der Waals surface area contributed by atoms with Crippen LogP contribution >= 0.6 is 11.6 Å². The lowest BCUT2D eigenvalue weighted by molar-refractivity contribution is -0.138. The molecule has 0 bridgehead atoms. The zero-order valence-corrected chi connectivity index (χ0v) is 14.4. The van der Waals surface area contributed by atoms with Gasteiger partial charge < -0.3 is 9.88 Å². The molecule has 26 heavy (non-hydrogen) atoms. The van der Waals surface area contributed by atoms with E-state index in [2.05, 4.69) is 5.32 Å². The van der Waals surface area contributed by atoms with Crippen LogP contribution in [0.2, 0.25) is 5.02 Å². The van der Waals surface area contributed by atoms with Crippen molar-refractivity contribution in [2.45, 2.75) is 38.0 Å². The molecular weight excluding hydrogens is 369 g/mol. The van der Waals surface area contributed by atoms with E-state index in [4.69, 9.17) is 11.6 Å². The maximum absolute atomic E-state index is 12.9. The molecule has 1 amide bonds. The van der Waals surface area contributed by atoms with E-state index in [9.17, 15) is 22.8 Å². The SMILES string of the molecule is O=C(Cn1cc(C(F)(F)F)cc(Cl)c1=O)NC1CCCc2ccccc21. The van der Waals surface area contributed by atoms with Gasteiger partial charge in [0.25, 0.3) is 5.56 Å². The summed E-state index contributed by atoms with van der Waals surface area (Å²) in [6, 6.07) is 8.06. The van der Waals surface area contributed by atoms with Crippen molar-refractivity contribution in [3.05, 3.63) is 68.6 Å². The van der Waals surface area contributed by atoms with Crippen LogP contribution in [0.15, 0.2) is 41.3 Å². The molecule has 3 rings (SSSR count). The van der Waals surface area contributed by atoms with Gasteiger partial charge >= 0.3 is 6.18 Å². The maximum atomic E-state index is 12.9. The molecule has 0 fully saturated rings. The summed E-state index contributed by atoms with van der Waals surface area (Å²) in [5.41, 5.74) is 0.238. The topological polar surface area (TPSA) is 51.1 Å². The third kappa shape index (κ3) is 3.93. The molecule has 4 nitrogen and oxygen atoms in total.